The van der Waals surface area contributed by atoms with Crippen molar-refractivity contribution < 1.29 is 0 Å². The topological polar surface area (TPSA) is 54.2 Å². The van der Waals surface area contributed by atoms with Gasteiger partial charge in [-0.25, -0.2) is 4.98 Å². The van der Waals surface area contributed by atoms with Crippen LogP contribution in [0.15, 0.2) is 12.1 Å². The van der Waals surface area contributed by atoms with Crippen molar-refractivity contribution in [3.63, 3.8) is 0 Å². The van der Waals surface area contributed by atoms with E-state index >= 15 is 0 Å². The number of nitrogens with one attached hydrogen (secondary N) is 2. The van der Waals surface area contributed by atoms with E-state index in [1.807, 2.05) is 4.52 Å². The second-order valence-corrected chi connectivity index (χ2v) is 6.29. The third-order valence-electron chi connectivity index (χ3n) is 4.80. The van der Waals surface area contributed by atoms with Gasteiger partial charge in [0.1, 0.15) is 5.82 Å². The number of nitrogens with zero attached hydrogens (tertiary/aromatic N) is 3. The number of rotatable bonds is 4. The van der Waals surface area contributed by atoms with E-state index < -0.39 is 0 Å². The number of aromatic nitrogens is 3. The summed E-state index contributed by atoms with van der Waals surface area (Å²) in [6, 6.07) is 4.83. The fourth-order valence-corrected chi connectivity index (χ4v) is 3.22. The Bertz CT molecular complexity index is 637. The Kier molecular flexibility index (Phi) is 3.30. The molecule has 1 saturated carbocycles. The number of fused-ring (bicyclic) bond motifs is 1. The van der Waals surface area contributed by atoms with Crippen LogP contribution in [0.1, 0.15) is 49.9 Å². The van der Waals surface area contributed by atoms with Crippen molar-refractivity contribution in [3.05, 3.63) is 23.5 Å². The van der Waals surface area contributed by atoms with Crippen LogP contribution in [0.25, 0.3) is 5.65 Å². The molecule has 2 N–H and O–H groups in total. The van der Waals surface area contributed by atoms with E-state index in [-0.39, 0.29) is 0 Å². The van der Waals surface area contributed by atoms with Gasteiger partial charge >= 0.3 is 0 Å². The summed E-state index contributed by atoms with van der Waals surface area (Å²) in [5.41, 5.74) is 3.34. The molecular weight excluding hydrogens is 262 g/mol. The SMILES string of the molecule is CCc1cc(NC2CCNC2)n2nc(C3CCC3)cc2n1. The molecule has 0 bridgehead atoms. The Labute approximate surface area is 125 Å². The Hall–Kier alpha value is -1.62. The van der Waals surface area contributed by atoms with Gasteiger partial charge in [0, 0.05) is 36.3 Å². The number of aryl methyl sites for hydroxylation is 1. The summed E-state index contributed by atoms with van der Waals surface area (Å²) in [5.74, 6) is 1.74. The summed E-state index contributed by atoms with van der Waals surface area (Å²) >= 11 is 0. The highest BCUT2D eigenvalue weighted by atomic mass is 15.3. The molecule has 2 aromatic heterocycles. The fraction of sp³-hybridized carbons (Fsp3) is 0.625. The van der Waals surface area contributed by atoms with E-state index in [9.17, 15) is 0 Å². The molecule has 2 aliphatic rings. The van der Waals surface area contributed by atoms with Crippen LogP contribution in [-0.2, 0) is 6.42 Å². The number of hydrogen-bond donors (Lipinski definition) is 2. The van der Waals surface area contributed by atoms with E-state index in [1.54, 1.807) is 0 Å². The Morgan fingerprint density at radius 2 is 2.24 bits per heavy atom. The maximum atomic E-state index is 4.82. The quantitative estimate of drug-likeness (QED) is 0.905. The minimum atomic E-state index is 0.497. The van der Waals surface area contributed by atoms with Gasteiger partial charge in [0.25, 0.3) is 0 Å². The maximum Gasteiger partial charge on any atom is 0.157 e. The first-order chi connectivity index (χ1) is 10.3. The summed E-state index contributed by atoms with van der Waals surface area (Å²) in [6.45, 7) is 4.28. The zero-order chi connectivity index (χ0) is 14.2. The molecule has 1 aliphatic carbocycles. The van der Waals surface area contributed by atoms with Crippen molar-refractivity contribution in [1.82, 2.24) is 19.9 Å². The molecule has 1 saturated heterocycles. The lowest BCUT2D eigenvalue weighted by atomic mass is 9.83. The van der Waals surface area contributed by atoms with Crippen LogP contribution in [0.3, 0.4) is 0 Å². The highest BCUT2D eigenvalue weighted by molar-refractivity contribution is 5.51. The number of anilines is 1. The largest absolute Gasteiger partial charge is 0.366 e. The van der Waals surface area contributed by atoms with Crippen LogP contribution < -0.4 is 10.6 Å². The molecule has 21 heavy (non-hydrogen) atoms. The molecule has 1 unspecified atom stereocenters. The van der Waals surface area contributed by atoms with Crippen LogP contribution in [0.4, 0.5) is 5.82 Å². The van der Waals surface area contributed by atoms with Gasteiger partial charge in [-0.15, -0.1) is 0 Å². The molecule has 5 heteroatoms. The second kappa shape index (κ2) is 5.30. The standard InChI is InChI=1S/C16H23N5/c1-2-12-8-15(19-13-6-7-17-10-13)21-16(18-12)9-14(20-21)11-4-3-5-11/h8-9,11,13,17,19H,2-7,10H2,1H3. The molecule has 3 heterocycles. The van der Waals surface area contributed by atoms with Gasteiger partial charge in [0.05, 0.1) is 5.69 Å². The van der Waals surface area contributed by atoms with Crippen molar-refractivity contribution in [2.24, 2.45) is 0 Å². The average molecular weight is 285 g/mol. The molecule has 112 valence electrons. The molecule has 2 aromatic rings. The van der Waals surface area contributed by atoms with Gasteiger partial charge in [0.15, 0.2) is 5.65 Å². The van der Waals surface area contributed by atoms with E-state index in [0.29, 0.717) is 12.0 Å². The number of hydrogen-bond acceptors (Lipinski definition) is 4. The second-order valence-electron chi connectivity index (χ2n) is 6.29. The molecule has 1 atom stereocenters. The van der Waals surface area contributed by atoms with Gasteiger partial charge in [0.2, 0.25) is 0 Å². The van der Waals surface area contributed by atoms with Crippen molar-refractivity contribution >= 4 is 11.5 Å². The molecule has 2 fully saturated rings. The zero-order valence-electron chi connectivity index (χ0n) is 12.6. The molecule has 1 aliphatic heterocycles. The summed E-state index contributed by atoms with van der Waals surface area (Å²) in [4.78, 5) is 4.74. The molecule has 0 amide bonds. The molecule has 4 rings (SSSR count). The van der Waals surface area contributed by atoms with Crippen LogP contribution in [0, 0.1) is 0 Å². The third-order valence-corrected chi connectivity index (χ3v) is 4.80. The predicted molar refractivity (Wildman–Crippen MR) is 83.9 cm³/mol. The summed E-state index contributed by atoms with van der Waals surface area (Å²) < 4.78 is 2.01. The lowest BCUT2D eigenvalue weighted by Crippen LogP contribution is -2.24. The zero-order valence-corrected chi connectivity index (χ0v) is 12.6. The van der Waals surface area contributed by atoms with Crippen LogP contribution >= 0.6 is 0 Å². The van der Waals surface area contributed by atoms with Crippen molar-refractivity contribution in [2.75, 3.05) is 18.4 Å². The van der Waals surface area contributed by atoms with Crippen molar-refractivity contribution in [2.45, 2.75) is 51.0 Å². The Balaban J connectivity index is 1.72. The highest BCUT2D eigenvalue weighted by Crippen LogP contribution is 2.36. The molecule has 0 aromatic carbocycles. The maximum absolute atomic E-state index is 4.82. The summed E-state index contributed by atoms with van der Waals surface area (Å²) in [7, 11) is 0. The molecule has 0 spiro atoms. The normalized spacial score (nSPS) is 22.6. The van der Waals surface area contributed by atoms with Crippen molar-refractivity contribution in [3.8, 4) is 0 Å². The lowest BCUT2D eigenvalue weighted by Gasteiger charge is -2.22. The minimum Gasteiger partial charge on any atom is -0.366 e. The smallest absolute Gasteiger partial charge is 0.157 e. The van der Waals surface area contributed by atoms with E-state index in [2.05, 4.69) is 29.7 Å². The van der Waals surface area contributed by atoms with E-state index in [4.69, 9.17) is 10.1 Å². The van der Waals surface area contributed by atoms with Gasteiger partial charge in [-0.2, -0.15) is 9.61 Å². The fourth-order valence-electron chi connectivity index (χ4n) is 3.22. The minimum absolute atomic E-state index is 0.497. The summed E-state index contributed by atoms with van der Waals surface area (Å²) in [5, 5.41) is 11.9. The van der Waals surface area contributed by atoms with Gasteiger partial charge in [-0.3, -0.25) is 0 Å². The monoisotopic (exact) mass is 285 g/mol. The first-order valence-corrected chi connectivity index (χ1v) is 8.20. The average Bonchev–Trinajstić information content (AvgIpc) is 3.05. The van der Waals surface area contributed by atoms with E-state index in [1.165, 1.54) is 31.4 Å². The van der Waals surface area contributed by atoms with Gasteiger partial charge in [-0.05, 0) is 32.2 Å². The molecular formula is C16H23N5. The van der Waals surface area contributed by atoms with Crippen LogP contribution in [0.5, 0.6) is 0 Å². The first-order valence-electron chi connectivity index (χ1n) is 8.20. The van der Waals surface area contributed by atoms with Gasteiger partial charge in [-0.1, -0.05) is 13.3 Å². The van der Waals surface area contributed by atoms with E-state index in [0.717, 1.165) is 36.7 Å². The third kappa shape index (κ3) is 2.39. The van der Waals surface area contributed by atoms with Crippen LogP contribution in [-0.4, -0.2) is 33.7 Å². The van der Waals surface area contributed by atoms with Gasteiger partial charge < -0.3 is 10.6 Å². The van der Waals surface area contributed by atoms with Crippen molar-refractivity contribution in [1.29, 1.82) is 0 Å². The lowest BCUT2D eigenvalue weighted by molar-refractivity contribution is 0.409. The molecule has 5 nitrogen and oxygen atoms in total. The van der Waals surface area contributed by atoms with Crippen LogP contribution in [0.2, 0.25) is 0 Å². The Morgan fingerprint density at radius 3 is 2.90 bits per heavy atom. The summed E-state index contributed by atoms with van der Waals surface area (Å²) in [6.07, 6.45) is 6.02. The molecule has 0 radical (unpaired) electrons. The predicted octanol–water partition coefficient (Wildman–Crippen LogP) is 2.33. The highest BCUT2D eigenvalue weighted by Gasteiger charge is 2.24. The Morgan fingerprint density at radius 1 is 1.33 bits per heavy atom. The first kappa shape index (κ1) is 13.1.